The molecule has 2 heterocycles. The number of nitrogens with one attached hydrogen (secondary N) is 1. The fourth-order valence-electron chi connectivity index (χ4n) is 1.89. The van der Waals surface area contributed by atoms with E-state index in [9.17, 15) is 0 Å². The van der Waals surface area contributed by atoms with Gasteiger partial charge in [-0.15, -0.1) is 11.3 Å². The van der Waals surface area contributed by atoms with Crippen molar-refractivity contribution in [2.75, 3.05) is 0 Å². The van der Waals surface area contributed by atoms with Crippen molar-refractivity contribution < 1.29 is 0 Å². The topological polar surface area (TPSA) is 68.8 Å². The fraction of sp³-hybridized carbons (Fsp3) is 0.455. The Hall–Kier alpha value is -1.24. The van der Waals surface area contributed by atoms with E-state index >= 15 is 0 Å². The molecule has 0 saturated carbocycles. The average molecular weight is 251 g/mol. The van der Waals surface area contributed by atoms with Crippen molar-refractivity contribution in [2.45, 2.75) is 32.9 Å². The van der Waals surface area contributed by atoms with Gasteiger partial charge in [0, 0.05) is 29.7 Å². The van der Waals surface area contributed by atoms with Gasteiger partial charge in [-0.2, -0.15) is 5.10 Å². The van der Waals surface area contributed by atoms with Crippen LogP contribution in [0.15, 0.2) is 17.8 Å². The van der Waals surface area contributed by atoms with E-state index in [2.05, 4.69) is 28.5 Å². The first-order valence-electron chi connectivity index (χ1n) is 5.62. The first-order chi connectivity index (χ1) is 8.24. The van der Waals surface area contributed by atoms with Crippen LogP contribution in [0.5, 0.6) is 0 Å². The molecule has 1 atom stereocenters. The van der Waals surface area contributed by atoms with Gasteiger partial charge < -0.3 is 0 Å². The molecular formula is C11H17N5S. The van der Waals surface area contributed by atoms with Crippen LogP contribution in [0.4, 0.5) is 0 Å². The molecular weight excluding hydrogens is 234 g/mol. The van der Waals surface area contributed by atoms with Gasteiger partial charge in [0.2, 0.25) is 0 Å². The quantitative estimate of drug-likeness (QED) is 0.623. The van der Waals surface area contributed by atoms with Gasteiger partial charge in [0.15, 0.2) is 0 Å². The van der Waals surface area contributed by atoms with Gasteiger partial charge in [-0.05, 0) is 19.9 Å². The Kier molecular flexibility index (Phi) is 3.88. The fourth-order valence-corrected chi connectivity index (χ4v) is 2.57. The Morgan fingerprint density at radius 2 is 2.41 bits per heavy atom. The molecule has 0 amide bonds. The summed E-state index contributed by atoms with van der Waals surface area (Å²) in [5.74, 6) is 5.61. The Morgan fingerprint density at radius 3 is 3.00 bits per heavy atom. The first kappa shape index (κ1) is 12.2. The lowest BCUT2D eigenvalue weighted by Crippen LogP contribution is -2.29. The normalized spacial score (nSPS) is 12.9. The summed E-state index contributed by atoms with van der Waals surface area (Å²) < 4.78 is 2.01. The first-order valence-corrected chi connectivity index (χ1v) is 6.50. The molecule has 0 bridgehead atoms. The minimum atomic E-state index is 0.101. The van der Waals surface area contributed by atoms with E-state index in [4.69, 9.17) is 5.84 Å². The minimum absolute atomic E-state index is 0.101. The molecule has 1 unspecified atom stereocenters. The van der Waals surface area contributed by atoms with E-state index in [1.165, 1.54) is 5.69 Å². The van der Waals surface area contributed by atoms with Crippen LogP contribution < -0.4 is 11.3 Å². The van der Waals surface area contributed by atoms with Crippen LogP contribution in [0.25, 0.3) is 0 Å². The lowest BCUT2D eigenvalue weighted by molar-refractivity contribution is 0.522. The molecule has 0 fully saturated rings. The van der Waals surface area contributed by atoms with Crippen molar-refractivity contribution in [3.05, 3.63) is 34.0 Å². The van der Waals surface area contributed by atoms with E-state index in [0.717, 1.165) is 23.5 Å². The van der Waals surface area contributed by atoms with Gasteiger partial charge in [-0.3, -0.25) is 20.9 Å². The largest absolute Gasteiger partial charge is 0.271 e. The van der Waals surface area contributed by atoms with Crippen molar-refractivity contribution in [2.24, 2.45) is 5.84 Å². The third-order valence-corrected chi connectivity index (χ3v) is 3.58. The molecule has 0 saturated heterocycles. The maximum absolute atomic E-state index is 5.61. The van der Waals surface area contributed by atoms with Gasteiger partial charge >= 0.3 is 0 Å². The second-order valence-electron chi connectivity index (χ2n) is 3.92. The van der Waals surface area contributed by atoms with Crippen LogP contribution in [-0.4, -0.2) is 14.8 Å². The zero-order valence-corrected chi connectivity index (χ0v) is 10.9. The van der Waals surface area contributed by atoms with Gasteiger partial charge in [-0.1, -0.05) is 0 Å². The lowest BCUT2D eigenvalue weighted by Gasteiger charge is -2.14. The number of nitrogens with zero attached hydrogens (tertiary/aromatic N) is 3. The highest BCUT2D eigenvalue weighted by molar-refractivity contribution is 7.09. The second kappa shape index (κ2) is 5.39. The Bertz CT molecular complexity index is 462. The highest BCUT2D eigenvalue weighted by atomic mass is 32.1. The van der Waals surface area contributed by atoms with Crippen LogP contribution in [0, 0.1) is 6.92 Å². The molecule has 17 heavy (non-hydrogen) atoms. The standard InChI is InChI=1S/C11H17N5S/c1-3-16-9(4-8(2)15-16)5-10(14-12)11-6-13-7-17-11/h4,6-7,10,14H,3,5,12H2,1-2H3. The van der Waals surface area contributed by atoms with Crippen LogP contribution >= 0.6 is 11.3 Å². The van der Waals surface area contributed by atoms with Crippen LogP contribution in [-0.2, 0) is 13.0 Å². The number of nitrogens with two attached hydrogens (primary N) is 1. The Balaban J connectivity index is 2.18. The maximum atomic E-state index is 5.61. The molecule has 2 rings (SSSR count). The van der Waals surface area contributed by atoms with E-state index in [-0.39, 0.29) is 6.04 Å². The van der Waals surface area contributed by atoms with Gasteiger partial charge in [0.25, 0.3) is 0 Å². The Morgan fingerprint density at radius 1 is 1.59 bits per heavy atom. The monoisotopic (exact) mass is 251 g/mol. The molecule has 2 aromatic rings. The van der Waals surface area contributed by atoms with Crippen LogP contribution in [0.1, 0.15) is 29.2 Å². The Labute approximate surface area is 105 Å². The molecule has 0 aromatic carbocycles. The molecule has 3 N–H and O–H groups in total. The summed E-state index contributed by atoms with van der Waals surface area (Å²) in [6, 6.07) is 2.21. The summed E-state index contributed by atoms with van der Waals surface area (Å²) in [5, 5.41) is 4.43. The van der Waals surface area contributed by atoms with Crippen molar-refractivity contribution in [1.29, 1.82) is 0 Å². The summed E-state index contributed by atoms with van der Waals surface area (Å²) >= 11 is 1.61. The van der Waals surface area contributed by atoms with Crippen LogP contribution in [0.2, 0.25) is 0 Å². The number of aryl methyl sites for hydroxylation is 2. The van der Waals surface area contributed by atoms with Gasteiger partial charge in [0.1, 0.15) is 0 Å². The third kappa shape index (κ3) is 2.71. The summed E-state index contributed by atoms with van der Waals surface area (Å²) in [4.78, 5) is 5.23. The van der Waals surface area contributed by atoms with Crippen molar-refractivity contribution in [3.63, 3.8) is 0 Å². The number of aromatic nitrogens is 3. The smallest absolute Gasteiger partial charge is 0.0794 e. The second-order valence-corrected chi connectivity index (χ2v) is 4.84. The van der Waals surface area contributed by atoms with Crippen molar-refractivity contribution in [1.82, 2.24) is 20.2 Å². The zero-order valence-electron chi connectivity index (χ0n) is 10.1. The van der Waals surface area contributed by atoms with E-state index in [1.54, 1.807) is 11.3 Å². The van der Waals surface area contributed by atoms with Gasteiger partial charge in [0.05, 0.1) is 17.2 Å². The van der Waals surface area contributed by atoms with Gasteiger partial charge in [-0.25, -0.2) is 0 Å². The maximum Gasteiger partial charge on any atom is 0.0794 e. The molecule has 0 spiro atoms. The zero-order chi connectivity index (χ0) is 12.3. The number of hydrazine groups is 1. The molecule has 0 aliphatic carbocycles. The number of thiazole rings is 1. The van der Waals surface area contributed by atoms with E-state index < -0.39 is 0 Å². The number of hydrogen-bond acceptors (Lipinski definition) is 5. The van der Waals surface area contributed by atoms with Crippen molar-refractivity contribution >= 4 is 11.3 Å². The molecule has 0 aliphatic rings. The minimum Gasteiger partial charge on any atom is -0.271 e. The number of rotatable bonds is 5. The SMILES string of the molecule is CCn1nc(C)cc1CC(NN)c1cncs1. The molecule has 5 nitrogen and oxygen atoms in total. The molecule has 0 aliphatic heterocycles. The molecule has 2 aromatic heterocycles. The predicted molar refractivity (Wildman–Crippen MR) is 68.5 cm³/mol. The highest BCUT2D eigenvalue weighted by Gasteiger charge is 2.15. The summed E-state index contributed by atoms with van der Waals surface area (Å²) in [5.41, 5.74) is 6.90. The average Bonchev–Trinajstić information content (AvgIpc) is 2.94. The summed E-state index contributed by atoms with van der Waals surface area (Å²) in [7, 11) is 0. The molecule has 0 radical (unpaired) electrons. The highest BCUT2D eigenvalue weighted by Crippen LogP contribution is 2.21. The predicted octanol–water partition coefficient (Wildman–Crippen LogP) is 1.42. The van der Waals surface area contributed by atoms with E-state index in [1.807, 2.05) is 23.3 Å². The number of hydrogen-bond donors (Lipinski definition) is 2. The third-order valence-electron chi connectivity index (χ3n) is 2.69. The molecule has 6 heteroatoms. The molecule has 92 valence electrons. The summed E-state index contributed by atoms with van der Waals surface area (Å²) in [6.45, 7) is 4.98. The van der Waals surface area contributed by atoms with E-state index in [0.29, 0.717) is 0 Å². The summed E-state index contributed by atoms with van der Waals surface area (Å²) in [6.07, 6.45) is 2.68. The van der Waals surface area contributed by atoms with Crippen molar-refractivity contribution in [3.8, 4) is 0 Å². The lowest BCUT2D eigenvalue weighted by atomic mass is 10.1. The van der Waals surface area contributed by atoms with Crippen LogP contribution in [0.3, 0.4) is 0 Å².